The molecule has 2 unspecified atom stereocenters. The number of phosphoric ester groups is 1. The van der Waals surface area contributed by atoms with Crippen LogP contribution < -0.4 is 0 Å². The second-order valence-electron chi connectivity index (χ2n) is 4.64. The molecule has 0 spiro atoms. The van der Waals surface area contributed by atoms with Crippen molar-refractivity contribution in [3.63, 3.8) is 0 Å². The van der Waals surface area contributed by atoms with E-state index < -0.39 is 13.8 Å². The van der Waals surface area contributed by atoms with Crippen LogP contribution in [-0.4, -0.2) is 25.8 Å². The normalized spacial score (nSPS) is 30.6. The Morgan fingerprint density at radius 3 is 2.89 bits per heavy atom. The molecule has 0 aromatic rings. The van der Waals surface area contributed by atoms with Gasteiger partial charge >= 0.3 is 13.8 Å². The summed E-state index contributed by atoms with van der Waals surface area (Å²) in [7, 11) is -3.60. The highest BCUT2D eigenvalue weighted by molar-refractivity contribution is 7.48. The first-order chi connectivity index (χ1) is 9.06. The number of hydrogen-bond acceptors (Lipinski definition) is 6. The molecule has 6 nitrogen and oxygen atoms in total. The third-order valence-electron chi connectivity index (χ3n) is 3.10. The minimum atomic E-state index is -3.60. The van der Waals surface area contributed by atoms with Crippen molar-refractivity contribution < 1.29 is 27.7 Å². The second-order valence-corrected chi connectivity index (χ2v) is 6.23. The fourth-order valence-corrected chi connectivity index (χ4v) is 3.41. The SMILES string of the molecule is CCCCCOP1(=O)OCC2COC(=O)C2=C(C)O1. The van der Waals surface area contributed by atoms with E-state index in [9.17, 15) is 9.36 Å². The van der Waals surface area contributed by atoms with Gasteiger partial charge in [-0.2, -0.15) is 0 Å². The molecule has 2 atom stereocenters. The molecule has 0 aromatic carbocycles. The lowest BCUT2D eigenvalue weighted by atomic mass is 10.0. The van der Waals surface area contributed by atoms with Crippen LogP contribution in [-0.2, 0) is 27.7 Å². The highest BCUT2D eigenvalue weighted by Crippen LogP contribution is 2.54. The number of phosphoric acid groups is 1. The lowest BCUT2D eigenvalue weighted by Gasteiger charge is -2.16. The Morgan fingerprint density at radius 1 is 1.37 bits per heavy atom. The van der Waals surface area contributed by atoms with E-state index in [1.54, 1.807) is 6.92 Å². The highest BCUT2D eigenvalue weighted by atomic mass is 31.2. The predicted molar refractivity (Wildman–Crippen MR) is 67.3 cm³/mol. The van der Waals surface area contributed by atoms with E-state index in [-0.39, 0.29) is 24.9 Å². The Balaban J connectivity index is 2.02. The van der Waals surface area contributed by atoms with Gasteiger partial charge in [-0.3, -0.25) is 9.05 Å². The van der Waals surface area contributed by atoms with Crippen LogP contribution in [0.25, 0.3) is 0 Å². The maximum absolute atomic E-state index is 12.3. The molecule has 2 aliphatic rings. The highest BCUT2D eigenvalue weighted by Gasteiger charge is 2.42. The van der Waals surface area contributed by atoms with Crippen LogP contribution in [0.15, 0.2) is 11.3 Å². The first-order valence-electron chi connectivity index (χ1n) is 6.52. The summed E-state index contributed by atoms with van der Waals surface area (Å²) in [6.45, 7) is 4.34. The molecule has 108 valence electrons. The molecule has 0 radical (unpaired) electrons. The van der Waals surface area contributed by atoms with Gasteiger partial charge in [-0.25, -0.2) is 9.36 Å². The second kappa shape index (κ2) is 6.07. The number of unbranched alkanes of at least 4 members (excludes halogenated alkanes) is 2. The topological polar surface area (TPSA) is 71.1 Å². The number of ether oxygens (including phenoxy) is 1. The molecule has 0 amide bonds. The zero-order valence-corrected chi connectivity index (χ0v) is 12.1. The molecule has 0 saturated carbocycles. The van der Waals surface area contributed by atoms with Crippen molar-refractivity contribution in [2.45, 2.75) is 33.1 Å². The van der Waals surface area contributed by atoms with Crippen LogP contribution in [0.1, 0.15) is 33.1 Å². The number of esters is 1. The molecule has 0 aliphatic carbocycles. The third kappa shape index (κ3) is 3.38. The standard InChI is InChI=1S/C12H19O6P/c1-3-4-5-6-16-19(14)17-8-10-7-15-12(13)11(10)9(2)18-19/h10H,3-8H2,1-2H3. The number of rotatable bonds is 5. The van der Waals surface area contributed by atoms with Gasteiger partial charge in [0.15, 0.2) is 0 Å². The average Bonchev–Trinajstić information content (AvgIpc) is 2.67. The van der Waals surface area contributed by atoms with Crippen molar-refractivity contribution >= 4 is 13.8 Å². The summed E-state index contributed by atoms with van der Waals surface area (Å²) in [5, 5.41) is 0. The van der Waals surface area contributed by atoms with Crippen LogP contribution in [0.3, 0.4) is 0 Å². The summed E-state index contributed by atoms with van der Waals surface area (Å²) in [6, 6.07) is 0. The first kappa shape index (κ1) is 14.6. The van der Waals surface area contributed by atoms with E-state index in [0.29, 0.717) is 12.2 Å². The summed E-state index contributed by atoms with van der Waals surface area (Å²) in [4.78, 5) is 11.5. The van der Waals surface area contributed by atoms with E-state index >= 15 is 0 Å². The number of hydrogen-bond donors (Lipinski definition) is 0. The molecule has 1 saturated heterocycles. The van der Waals surface area contributed by atoms with Crippen LogP contribution >= 0.6 is 7.82 Å². The van der Waals surface area contributed by atoms with Gasteiger partial charge in [-0.15, -0.1) is 0 Å². The Morgan fingerprint density at radius 2 is 2.16 bits per heavy atom. The van der Waals surface area contributed by atoms with Gasteiger partial charge in [0, 0.05) is 0 Å². The molecular weight excluding hydrogens is 271 g/mol. The maximum atomic E-state index is 12.3. The van der Waals surface area contributed by atoms with Gasteiger partial charge in [0.05, 0.1) is 24.7 Å². The van der Waals surface area contributed by atoms with Crippen molar-refractivity contribution in [1.82, 2.24) is 0 Å². The summed E-state index contributed by atoms with van der Waals surface area (Å²) in [5.41, 5.74) is 0.412. The van der Waals surface area contributed by atoms with Gasteiger partial charge in [-0.05, 0) is 13.3 Å². The number of carbonyl (C=O) groups excluding carboxylic acids is 1. The van der Waals surface area contributed by atoms with Crippen molar-refractivity contribution in [2.24, 2.45) is 5.92 Å². The molecule has 0 N–H and O–H groups in total. The quantitative estimate of drug-likeness (QED) is 0.440. The molecule has 1 fully saturated rings. The third-order valence-corrected chi connectivity index (χ3v) is 4.56. The maximum Gasteiger partial charge on any atom is 0.529 e. The van der Waals surface area contributed by atoms with Gasteiger partial charge in [0.2, 0.25) is 0 Å². The van der Waals surface area contributed by atoms with Crippen LogP contribution in [0.4, 0.5) is 0 Å². The van der Waals surface area contributed by atoms with E-state index in [1.165, 1.54) is 0 Å². The number of carbonyl (C=O) groups is 1. The summed E-state index contributed by atoms with van der Waals surface area (Å²) in [6.07, 6.45) is 2.84. The van der Waals surface area contributed by atoms with E-state index in [4.69, 9.17) is 18.3 Å². The Kier molecular flexibility index (Phi) is 4.66. The summed E-state index contributed by atoms with van der Waals surface area (Å²) in [5.74, 6) is -0.364. The smallest absolute Gasteiger partial charge is 0.461 e. The molecule has 2 heterocycles. The predicted octanol–water partition coefficient (Wildman–Crippen LogP) is 2.80. The monoisotopic (exact) mass is 290 g/mol. The van der Waals surface area contributed by atoms with Gasteiger partial charge in [0.1, 0.15) is 12.4 Å². The average molecular weight is 290 g/mol. The molecule has 0 bridgehead atoms. The first-order valence-corrected chi connectivity index (χ1v) is 7.98. The van der Waals surface area contributed by atoms with Crippen molar-refractivity contribution in [3.8, 4) is 0 Å². The van der Waals surface area contributed by atoms with Gasteiger partial charge in [0.25, 0.3) is 0 Å². The Hall–Kier alpha value is -0.840. The lowest BCUT2D eigenvalue weighted by molar-refractivity contribution is -0.135. The minimum absolute atomic E-state index is 0.115. The molecular formula is C12H19O6P. The summed E-state index contributed by atoms with van der Waals surface area (Å²) >= 11 is 0. The Bertz CT molecular complexity index is 430. The number of cyclic esters (lactones) is 1. The fraction of sp³-hybridized carbons (Fsp3) is 0.750. The zero-order chi connectivity index (χ0) is 13.9. The molecule has 0 aromatic heterocycles. The lowest BCUT2D eigenvalue weighted by Crippen LogP contribution is -2.10. The molecule has 2 aliphatic heterocycles. The van der Waals surface area contributed by atoms with E-state index in [0.717, 1.165) is 19.3 Å². The zero-order valence-electron chi connectivity index (χ0n) is 11.2. The Labute approximate surface area is 112 Å². The summed E-state index contributed by atoms with van der Waals surface area (Å²) < 4.78 is 33.0. The van der Waals surface area contributed by atoms with Gasteiger partial charge in [-0.1, -0.05) is 19.8 Å². The van der Waals surface area contributed by atoms with Crippen molar-refractivity contribution in [2.75, 3.05) is 19.8 Å². The van der Waals surface area contributed by atoms with Crippen LogP contribution in [0.5, 0.6) is 0 Å². The van der Waals surface area contributed by atoms with E-state index in [2.05, 4.69) is 6.92 Å². The minimum Gasteiger partial charge on any atom is -0.461 e. The number of fused-ring (bicyclic) bond motifs is 1. The van der Waals surface area contributed by atoms with Crippen molar-refractivity contribution in [3.05, 3.63) is 11.3 Å². The largest absolute Gasteiger partial charge is 0.529 e. The molecule has 19 heavy (non-hydrogen) atoms. The van der Waals surface area contributed by atoms with Gasteiger partial charge < -0.3 is 9.26 Å². The van der Waals surface area contributed by atoms with Crippen LogP contribution in [0, 0.1) is 5.92 Å². The number of allylic oxidation sites excluding steroid dienone is 1. The van der Waals surface area contributed by atoms with Crippen molar-refractivity contribution in [1.29, 1.82) is 0 Å². The fourth-order valence-electron chi connectivity index (χ4n) is 2.08. The van der Waals surface area contributed by atoms with Crippen LogP contribution in [0.2, 0.25) is 0 Å². The van der Waals surface area contributed by atoms with E-state index in [1.807, 2.05) is 0 Å². The molecule has 7 heteroatoms. The molecule has 2 rings (SSSR count).